The number of urea groups is 1. The third kappa shape index (κ3) is 8.07. The number of rotatable bonds is 12. The number of nitrogens with one attached hydrogen (secondary N) is 1. The second-order valence-electron chi connectivity index (χ2n) is 9.57. The van der Waals surface area contributed by atoms with Crippen LogP contribution < -0.4 is 10.1 Å². The smallest absolute Gasteiger partial charge is 0.416 e. The number of halogens is 3. The fraction of sp³-hybridized carbons (Fsp3) is 0.464. The molecule has 1 saturated heterocycles. The Hall–Kier alpha value is -3.45. The van der Waals surface area contributed by atoms with Gasteiger partial charge >= 0.3 is 12.2 Å². The third-order valence-electron chi connectivity index (χ3n) is 6.95. The van der Waals surface area contributed by atoms with E-state index in [1.54, 1.807) is 31.3 Å². The average Bonchev–Trinajstić information content (AvgIpc) is 2.96. The van der Waals surface area contributed by atoms with Gasteiger partial charge in [0.15, 0.2) is 0 Å². The minimum absolute atomic E-state index is 0.0795. The molecule has 0 radical (unpaired) electrons. The highest BCUT2D eigenvalue weighted by Crippen LogP contribution is 2.31. The molecule has 2 aromatic rings. The first kappa shape index (κ1) is 32.1. The minimum Gasteiger partial charge on any atom is -0.497 e. The summed E-state index contributed by atoms with van der Waals surface area (Å²) in [5, 5.41) is 5.93. The maximum atomic E-state index is 13.6. The van der Waals surface area contributed by atoms with Crippen LogP contribution in [0.3, 0.4) is 0 Å². The Labute approximate surface area is 242 Å². The van der Waals surface area contributed by atoms with Crippen LogP contribution in [-0.4, -0.2) is 89.6 Å². The van der Waals surface area contributed by atoms with E-state index in [4.69, 9.17) is 4.74 Å². The molecule has 0 spiro atoms. The molecule has 9 nitrogen and oxygen atoms in total. The number of alkyl halides is 3. The highest BCUT2D eigenvalue weighted by Gasteiger charge is 2.44. The molecule has 1 aliphatic rings. The number of nitrogens with zero attached hydrogens (tertiary/aromatic N) is 4. The van der Waals surface area contributed by atoms with Crippen molar-refractivity contribution in [3.63, 3.8) is 0 Å². The normalized spacial score (nSPS) is 17.5. The summed E-state index contributed by atoms with van der Waals surface area (Å²) in [7, 11) is 3.26. The largest absolute Gasteiger partial charge is 0.497 e. The molecule has 2 aromatic carbocycles. The van der Waals surface area contributed by atoms with Crippen LogP contribution in [0.5, 0.6) is 5.75 Å². The van der Waals surface area contributed by atoms with Gasteiger partial charge in [-0.2, -0.15) is 24.9 Å². The highest BCUT2D eigenvalue weighted by atomic mass is 32.2. The quantitative estimate of drug-likeness (QED) is 0.295. The van der Waals surface area contributed by atoms with Crippen molar-refractivity contribution >= 4 is 30.1 Å². The van der Waals surface area contributed by atoms with Gasteiger partial charge in [-0.1, -0.05) is 31.2 Å². The molecule has 3 rings (SSSR count). The Kier molecular flexibility index (Phi) is 11.3. The minimum atomic E-state index is -4.53. The molecular formula is C28H36F3N5O4S. The van der Waals surface area contributed by atoms with E-state index in [0.29, 0.717) is 36.4 Å². The number of hydrogen-bond donors (Lipinski definition) is 1. The summed E-state index contributed by atoms with van der Waals surface area (Å²) in [6.45, 7) is 2.28. The number of methoxy groups -OCH3 is 1. The first-order valence-electron chi connectivity index (χ1n) is 13.1. The van der Waals surface area contributed by atoms with Gasteiger partial charge in [0.1, 0.15) is 18.0 Å². The summed E-state index contributed by atoms with van der Waals surface area (Å²) in [5.41, 5.74) is 0.317. The molecule has 0 aliphatic carbocycles. The molecule has 13 heteroatoms. The molecule has 41 heavy (non-hydrogen) atoms. The number of benzene rings is 2. The van der Waals surface area contributed by atoms with Crippen molar-refractivity contribution in [2.75, 3.05) is 39.3 Å². The van der Waals surface area contributed by atoms with Gasteiger partial charge in [-0.3, -0.25) is 9.59 Å². The van der Waals surface area contributed by atoms with Crippen molar-refractivity contribution in [3.8, 4) is 5.75 Å². The molecule has 224 valence electrons. The standard InChI is InChI=1S/C28H36F3N5O4S/c1-5-33(2)36(27(39)32-16-20-9-11-23(40-3)12-10-20)25-18-34(26(38)24(13-14-41-4)35(25)19-37)17-21-7-6-8-22(15-21)28(29,30)31/h6-12,15,19,24-25H,5,13-14,16-18H2,1-4H3,(H,32,39)/t24-,25?/m0/s1. The first-order chi connectivity index (χ1) is 19.5. The Morgan fingerprint density at radius 3 is 2.49 bits per heavy atom. The molecule has 1 unspecified atom stereocenters. The second-order valence-corrected chi connectivity index (χ2v) is 10.6. The van der Waals surface area contributed by atoms with Crippen LogP contribution in [-0.2, 0) is 28.9 Å². The van der Waals surface area contributed by atoms with Gasteiger partial charge < -0.3 is 19.9 Å². The number of carbonyl (C=O) groups is 3. The Morgan fingerprint density at radius 1 is 1.20 bits per heavy atom. The van der Waals surface area contributed by atoms with Crippen molar-refractivity contribution < 1.29 is 32.3 Å². The summed E-state index contributed by atoms with van der Waals surface area (Å²) >= 11 is 1.50. The monoisotopic (exact) mass is 595 g/mol. The molecule has 4 amide bonds. The zero-order valence-electron chi connectivity index (χ0n) is 23.6. The first-order valence-corrected chi connectivity index (χ1v) is 14.5. The molecule has 1 fully saturated rings. The van der Waals surface area contributed by atoms with Crippen LogP contribution >= 0.6 is 11.8 Å². The Morgan fingerprint density at radius 2 is 1.90 bits per heavy atom. The van der Waals surface area contributed by atoms with E-state index in [9.17, 15) is 27.6 Å². The Balaban J connectivity index is 1.92. The number of thioether (sulfide) groups is 1. The number of piperazine rings is 1. The van der Waals surface area contributed by atoms with E-state index in [1.807, 2.05) is 25.3 Å². The molecule has 0 bridgehead atoms. The zero-order chi connectivity index (χ0) is 30.2. The average molecular weight is 596 g/mol. The second kappa shape index (κ2) is 14.4. The van der Waals surface area contributed by atoms with Crippen molar-refractivity contribution in [2.24, 2.45) is 0 Å². The molecule has 2 atom stereocenters. The van der Waals surface area contributed by atoms with Gasteiger partial charge in [-0.25, -0.2) is 14.8 Å². The van der Waals surface area contributed by atoms with Gasteiger partial charge in [-0.15, -0.1) is 0 Å². The summed E-state index contributed by atoms with van der Waals surface area (Å²) < 4.78 is 45.2. The fourth-order valence-corrected chi connectivity index (χ4v) is 5.12. The molecule has 1 N–H and O–H groups in total. The topological polar surface area (TPSA) is 85.4 Å². The van der Waals surface area contributed by atoms with Crippen LogP contribution in [0.4, 0.5) is 18.0 Å². The summed E-state index contributed by atoms with van der Waals surface area (Å²) in [4.78, 5) is 42.4. The maximum absolute atomic E-state index is 13.6. The molecular weight excluding hydrogens is 559 g/mol. The fourth-order valence-electron chi connectivity index (χ4n) is 4.66. The van der Waals surface area contributed by atoms with Gasteiger partial charge in [0.2, 0.25) is 12.3 Å². The molecule has 0 saturated carbocycles. The van der Waals surface area contributed by atoms with E-state index in [-0.39, 0.29) is 25.5 Å². The summed E-state index contributed by atoms with van der Waals surface area (Å²) in [6, 6.07) is 10.6. The summed E-state index contributed by atoms with van der Waals surface area (Å²) in [6.07, 6.45) is -2.64. The predicted molar refractivity (Wildman–Crippen MR) is 151 cm³/mol. The molecule has 1 aliphatic heterocycles. The van der Waals surface area contributed by atoms with E-state index in [0.717, 1.165) is 17.7 Å². The van der Waals surface area contributed by atoms with Crippen LogP contribution in [0, 0.1) is 0 Å². The predicted octanol–water partition coefficient (Wildman–Crippen LogP) is 4.04. The number of hydrogen-bond acceptors (Lipinski definition) is 6. The molecule has 0 aromatic heterocycles. The van der Waals surface area contributed by atoms with Crippen LogP contribution in [0.15, 0.2) is 48.5 Å². The van der Waals surface area contributed by atoms with E-state index < -0.39 is 30.0 Å². The van der Waals surface area contributed by atoms with E-state index in [1.165, 1.54) is 38.7 Å². The third-order valence-corrected chi connectivity index (χ3v) is 7.59. The van der Waals surface area contributed by atoms with Crippen LogP contribution in [0.25, 0.3) is 0 Å². The highest BCUT2D eigenvalue weighted by molar-refractivity contribution is 7.98. The lowest BCUT2D eigenvalue weighted by molar-refractivity contribution is -0.165. The SMILES string of the molecule is CCN(C)N(C(=O)NCc1ccc(OC)cc1)C1CN(Cc2cccc(C(F)(F)F)c2)C(=O)[C@H](CCSC)N1C=O. The van der Waals surface area contributed by atoms with Gasteiger partial charge in [0.05, 0.1) is 19.2 Å². The van der Waals surface area contributed by atoms with Crippen LogP contribution in [0.2, 0.25) is 0 Å². The van der Waals surface area contributed by atoms with Crippen molar-refractivity contribution in [2.45, 2.75) is 44.8 Å². The molecule has 1 heterocycles. The zero-order valence-corrected chi connectivity index (χ0v) is 24.4. The number of carbonyl (C=O) groups excluding carboxylic acids is 3. The van der Waals surface area contributed by atoms with Gasteiger partial charge in [0.25, 0.3) is 0 Å². The van der Waals surface area contributed by atoms with E-state index >= 15 is 0 Å². The van der Waals surface area contributed by atoms with Crippen molar-refractivity contribution in [3.05, 3.63) is 65.2 Å². The lowest BCUT2D eigenvalue weighted by Gasteiger charge is -2.50. The van der Waals surface area contributed by atoms with Gasteiger partial charge in [-0.05, 0) is 53.8 Å². The Bertz CT molecular complexity index is 1180. The van der Waals surface area contributed by atoms with Crippen molar-refractivity contribution in [1.82, 2.24) is 25.1 Å². The van der Waals surface area contributed by atoms with Crippen molar-refractivity contribution in [1.29, 1.82) is 0 Å². The van der Waals surface area contributed by atoms with Crippen LogP contribution in [0.1, 0.15) is 30.0 Å². The van der Waals surface area contributed by atoms with E-state index in [2.05, 4.69) is 5.32 Å². The number of hydrazine groups is 1. The maximum Gasteiger partial charge on any atom is 0.416 e. The lowest BCUT2D eigenvalue weighted by atomic mass is 10.0. The number of amides is 4. The van der Waals surface area contributed by atoms with Gasteiger partial charge in [0, 0.05) is 26.7 Å². The lowest BCUT2D eigenvalue weighted by Crippen LogP contribution is -2.70. The summed E-state index contributed by atoms with van der Waals surface area (Å²) in [5.74, 6) is 0.869. The number of ether oxygens (including phenoxy) is 1.